The molecule has 0 saturated heterocycles. The molecule has 4 nitrogen and oxygen atoms in total. The zero-order chi connectivity index (χ0) is 12.3. The van der Waals surface area contributed by atoms with Gasteiger partial charge in [0.05, 0.1) is 5.39 Å². The van der Waals surface area contributed by atoms with E-state index in [4.69, 9.17) is 0 Å². The standard InChI is InChI=1S/C12H18N4S/c1-4-6-14-10-9-7-8(3)17-11(9)16-12(15-10)13-5-2/h7H,4-6H2,1-3H3,(H2,13,14,15,16). The zero-order valence-electron chi connectivity index (χ0n) is 10.5. The van der Waals surface area contributed by atoms with E-state index in [1.165, 1.54) is 4.88 Å². The average molecular weight is 250 g/mol. The van der Waals surface area contributed by atoms with Gasteiger partial charge < -0.3 is 10.6 Å². The molecular formula is C12H18N4S. The normalized spacial score (nSPS) is 10.8. The van der Waals surface area contributed by atoms with E-state index in [1.807, 2.05) is 6.92 Å². The molecule has 2 aromatic heterocycles. The third-order valence-corrected chi connectivity index (χ3v) is 3.34. The van der Waals surface area contributed by atoms with E-state index >= 15 is 0 Å². The molecule has 2 heterocycles. The summed E-state index contributed by atoms with van der Waals surface area (Å²) in [6.07, 6.45) is 1.09. The molecule has 17 heavy (non-hydrogen) atoms. The van der Waals surface area contributed by atoms with Crippen LogP contribution in [0, 0.1) is 6.92 Å². The number of nitrogens with zero attached hydrogens (tertiary/aromatic N) is 2. The minimum absolute atomic E-state index is 0.709. The Morgan fingerprint density at radius 1 is 1.24 bits per heavy atom. The molecule has 2 rings (SSSR count). The first kappa shape index (κ1) is 12.1. The van der Waals surface area contributed by atoms with E-state index < -0.39 is 0 Å². The molecule has 2 N–H and O–H groups in total. The van der Waals surface area contributed by atoms with Gasteiger partial charge in [-0.25, -0.2) is 4.98 Å². The molecule has 92 valence electrons. The van der Waals surface area contributed by atoms with Crippen molar-refractivity contribution in [1.82, 2.24) is 9.97 Å². The smallest absolute Gasteiger partial charge is 0.226 e. The predicted octanol–water partition coefficient (Wildman–Crippen LogP) is 3.25. The summed E-state index contributed by atoms with van der Waals surface area (Å²) in [6, 6.07) is 2.15. The number of nitrogens with one attached hydrogen (secondary N) is 2. The summed E-state index contributed by atoms with van der Waals surface area (Å²) in [6.45, 7) is 8.07. The second-order valence-corrected chi connectivity index (χ2v) is 5.16. The highest BCUT2D eigenvalue weighted by Crippen LogP contribution is 2.29. The number of hydrogen-bond acceptors (Lipinski definition) is 5. The highest BCUT2D eigenvalue weighted by Gasteiger charge is 2.09. The summed E-state index contributed by atoms with van der Waals surface area (Å²) in [7, 11) is 0. The van der Waals surface area contributed by atoms with Crippen molar-refractivity contribution >= 4 is 33.3 Å². The number of thiophene rings is 1. The lowest BCUT2D eigenvalue weighted by Crippen LogP contribution is -2.07. The molecule has 5 heteroatoms. The Kier molecular flexibility index (Phi) is 3.78. The van der Waals surface area contributed by atoms with Gasteiger partial charge in [-0.2, -0.15) is 4.98 Å². The Morgan fingerprint density at radius 2 is 2.06 bits per heavy atom. The molecule has 0 radical (unpaired) electrons. The number of rotatable bonds is 5. The SMILES string of the molecule is CCCNc1nc(NCC)nc2sc(C)cc12. The summed E-state index contributed by atoms with van der Waals surface area (Å²) in [5, 5.41) is 7.66. The molecule has 0 amide bonds. The Morgan fingerprint density at radius 3 is 2.76 bits per heavy atom. The van der Waals surface area contributed by atoms with Crippen LogP contribution in [-0.4, -0.2) is 23.1 Å². The second kappa shape index (κ2) is 5.31. The van der Waals surface area contributed by atoms with E-state index in [0.29, 0.717) is 5.95 Å². The van der Waals surface area contributed by atoms with Crippen LogP contribution in [0.5, 0.6) is 0 Å². The molecule has 0 aliphatic carbocycles. The van der Waals surface area contributed by atoms with Gasteiger partial charge in [-0.15, -0.1) is 11.3 Å². The lowest BCUT2D eigenvalue weighted by atomic mass is 10.3. The summed E-state index contributed by atoms with van der Waals surface area (Å²) < 4.78 is 0. The molecule has 0 saturated carbocycles. The molecule has 0 aliphatic rings. The van der Waals surface area contributed by atoms with Crippen LogP contribution in [-0.2, 0) is 0 Å². The van der Waals surface area contributed by atoms with E-state index in [2.05, 4.69) is 40.5 Å². The van der Waals surface area contributed by atoms with Gasteiger partial charge in [0.2, 0.25) is 5.95 Å². The second-order valence-electron chi connectivity index (χ2n) is 3.93. The zero-order valence-corrected chi connectivity index (χ0v) is 11.3. The summed E-state index contributed by atoms with van der Waals surface area (Å²) in [5.41, 5.74) is 0. The maximum absolute atomic E-state index is 4.51. The van der Waals surface area contributed by atoms with Crippen molar-refractivity contribution in [2.75, 3.05) is 23.7 Å². The van der Waals surface area contributed by atoms with E-state index in [-0.39, 0.29) is 0 Å². The van der Waals surface area contributed by atoms with Crippen molar-refractivity contribution in [3.8, 4) is 0 Å². The monoisotopic (exact) mass is 250 g/mol. The molecular weight excluding hydrogens is 232 g/mol. The average Bonchev–Trinajstić information content (AvgIpc) is 2.67. The van der Waals surface area contributed by atoms with E-state index in [0.717, 1.165) is 35.5 Å². The summed E-state index contributed by atoms with van der Waals surface area (Å²) in [4.78, 5) is 11.3. The molecule has 0 fully saturated rings. The summed E-state index contributed by atoms with van der Waals surface area (Å²) in [5.74, 6) is 1.65. The fourth-order valence-electron chi connectivity index (χ4n) is 1.66. The number of fused-ring (bicyclic) bond motifs is 1. The van der Waals surface area contributed by atoms with Crippen LogP contribution in [0.25, 0.3) is 10.2 Å². The van der Waals surface area contributed by atoms with Crippen molar-refractivity contribution in [1.29, 1.82) is 0 Å². The van der Waals surface area contributed by atoms with Crippen LogP contribution in [0.3, 0.4) is 0 Å². The van der Waals surface area contributed by atoms with Gasteiger partial charge in [0, 0.05) is 18.0 Å². The number of anilines is 2. The van der Waals surface area contributed by atoms with Crippen LogP contribution in [0.15, 0.2) is 6.07 Å². The lowest BCUT2D eigenvalue weighted by Gasteiger charge is -2.08. The topological polar surface area (TPSA) is 49.8 Å². The van der Waals surface area contributed by atoms with Gasteiger partial charge in [0.1, 0.15) is 10.6 Å². The maximum Gasteiger partial charge on any atom is 0.226 e. The van der Waals surface area contributed by atoms with Crippen molar-refractivity contribution in [2.24, 2.45) is 0 Å². The van der Waals surface area contributed by atoms with Gasteiger partial charge in [0.15, 0.2) is 0 Å². The van der Waals surface area contributed by atoms with Crippen LogP contribution >= 0.6 is 11.3 Å². The van der Waals surface area contributed by atoms with Gasteiger partial charge in [-0.3, -0.25) is 0 Å². The van der Waals surface area contributed by atoms with Crippen molar-refractivity contribution in [2.45, 2.75) is 27.2 Å². The fraction of sp³-hybridized carbons (Fsp3) is 0.500. The molecule has 0 unspecified atom stereocenters. The Balaban J connectivity index is 2.44. The van der Waals surface area contributed by atoms with Crippen LogP contribution in [0.1, 0.15) is 25.1 Å². The van der Waals surface area contributed by atoms with E-state index in [1.54, 1.807) is 11.3 Å². The molecule has 0 bridgehead atoms. The van der Waals surface area contributed by atoms with Crippen molar-refractivity contribution in [3.05, 3.63) is 10.9 Å². The van der Waals surface area contributed by atoms with Gasteiger partial charge >= 0.3 is 0 Å². The minimum atomic E-state index is 0.709. The van der Waals surface area contributed by atoms with Gasteiger partial charge in [-0.05, 0) is 26.3 Å². The van der Waals surface area contributed by atoms with Crippen LogP contribution in [0.4, 0.5) is 11.8 Å². The van der Waals surface area contributed by atoms with Gasteiger partial charge in [-0.1, -0.05) is 6.92 Å². The Hall–Kier alpha value is -1.36. The predicted molar refractivity (Wildman–Crippen MR) is 75.1 cm³/mol. The number of hydrogen-bond donors (Lipinski definition) is 2. The van der Waals surface area contributed by atoms with E-state index in [9.17, 15) is 0 Å². The first-order valence-corrected chi connectivity index (χ1v) is 6.82. The minimum Gasteiger partial charge on any atom is -0.369 e. The van der Waals surface area contributed by atoms with Gasteiger partial charge in [0.25, 0.3) is 0 Å². The highest BCUT2D eigenvalue weighted by atomic mass is 32.1. The van der Waals surface area contributed by atoms with Crippen molar-refractivity contribution in [3.63, 3.8) is 0 Å². The fourth-order valence-corrected chi connectivity index (χ4v) is 2.54. The molecule has 0 atom stereocenters. The first-order chi connectivity index (χ1) is 8.24. The number of aryl methyl sites for hydroxylation is 1. The van der Waals surface area contributed by atoms with Crippen LogP contribution in [0.2, 0.25) is 0 Å². The molecule has 0 aromatic carbocycles. The maximum atomic E-state index is 4.51. The molecule has 0 spiro atoms. The third kappa shape index (κ3) is 2.66. The molecule has 0 aliphatic heterocycles. The quantitative estimate of drug-likeness (QED) is 0.855. The first-order valence-electron chi connectivity index (χ1n) is 6.00. The number of aromatic nitrogens is 2. The largest absolute Gasteiger partial charge is 0.369 e. The third-order valence-electron chi connectivity index (χ3n) is 2.39. The Labute approximate surface area is 105 Å². The van der Waals surface area contributed by atoms with Crippen LogP contribution < -0.4 is 10.6 Å². The lowest BCUT2D eigenvalue weighted by molar-refractivity contribution is 0.969. The van der Waals surface area contributed by atoms with Crippen molar-refractivity contribution < 1.29 is 0 Å². The molecule has 2 aromatic rings. The highest BCUT2D eigenvalue weighted by molar-refractivity contribution is 7.18. The Bertz CT molecular complexity index is 506. The summed E-state index contributed by atoms with van der Waals surface area (Å²) >= 11 is 1.71.